The summed E-state index contributed by atoms with van der Waals surface area (Å²) in [7, 11) is 0. The molecule has 2 amide bonds. The van der Waals surface area contributed by atoms with Gasteiger partial charge in [-0.15, -0.1) is 0 Å². The number of fused-ring (bicyclic) bond motifs is 5. The summed E-state index contributed by atoms with van der Waals surface area (Å²) in [5.41, 5.74) is 10.7. The fraction of sp³-hybridized carbons (Fsp3) is 0.500. The molecule has 3 aliphatic rings. The molecule has 0 bridgehead atoms. The Bertz CT molecular complexity index is 1660. The van der Waals surface area contributed by atoms with Crippen LogP contribution in [-0.2, 0) is 38.5 Å². The number of hydrogen-bond acceptors (Lipinski definition) is 7. The number of phenols is 1. The SMILES string of the molecule is CC(Cc1ccccc1)C(=O)NC(CCCCN)C(=O)Nc1ccc(COC(=O)OC2CCC3C4CCc5cc(O)ccc5C4CCC23C)cc1. The fourth-order valence-corrected chi connectivity index (χ4v) is 9.06. The molecule has 0 aromatic heterocycles. The first kappa shape index (κ1) is 36.4. The number of carbonyl (C=O) groups excluding carboxylic acids is 3. The maximum atomic E-state index is 13.3. The van der Waals surface area contributed by atoms with Gasteiger partial charge in [0, 0.05) is 17.0 Å². The van der Waals surface area contributed by atoms with E-state index in [-0.39, 0.29) is 35.9 Å². The van der Waals surface area contributed by atoms with Gasteiger partial charge in [-0.1, -0.05) is 62.4 Å². The molecular formula is C42H53N3O6. The van der Waals surface area contributed by atoms with Gasteiger partial charge in [-0.05, 0) is 135 Å². The number of anilines is 1. The van der Waals surface area contributed by atoms with E-state index in [0.717, 1.165) is 62.5 Å². The Hall–Kier alpha value is -4.37. The van der Waals surface area contributed by atoms with Crippen molar-refractivity contribution in [2.24, 2.45) is 28.9 Å². The van der Waals surface area contributed by atoms with Gasteiger partial charge in [0.2, 0.25) is 11.8 Å². The Morgan fingerprint density at radius 1 is 0.941 bits per heavy atom. The van der Waals surface area contributed by atoms with Gasteiger partial charge in [0.05, 0.1) is 0 Å². The van der Waals surface area contributed by atoms with Crippen LogP contribution in [0.4, 0.5) is 10.5 Å². The molecule has 0 saturated heterocycles. The average molecular weight is 696 g/mol. The minimum absolute atomic E-state index is 0.0608. The zero-order valence-corrected chi connectivity index (χ0v) is 29.9. The predicted octanol–water partition coefficient (Wildman–Crippen LogP) is 7.40. The lowest BCUT2D eigenvalue weighted by Gasteiger charge is -2.50. The molecule has 6 rings (SSSR count). The first-order valence-electron chi connectivity index (χ1n) is 18.7. The second-order valence-corrected chi connectivity index (χ2v) is 15.2. The normalized spacial score (nSPS) is 24.6. The third kappa shape index (κ3) is 8.58. The van der Waals surface area contributed by atoms with Crippen molar-refractivity contribution in [1.82, 2.24) is 5.32 Å². The van der Waals surface area contributed by atoms with Crippen LogP contribution in [0.5, 0.6) is 5.75 Å². The molecule has 0 aliphatic heterocycles. The summed E-state index contributed by atoms with van der Waals surface area (Å²) in [5, 5.41) is 15.9. The predicted molar refractivity (Wildman–Crippen MR) is 197 cm³/mol. The maximum absolute atomic E-state index is 13.3. The third-order valence-corrected chi connectivity index (χ3v) is 11.9. The van der Waals surface area contributed by atoms with Crippen molar-refractivity contribution in [3.8, 4) is 5.75 Å². The lowest BCUT2D eigenvalue weighted by molar-refractivity contribution is -0.129. The summed E-state index contributed by atoms with van der Waals surface area (Å²) in [6, 6.07) is 22.2. The summed E-state index contributed by atoms with van der Waals surface area (Å²) in [4.78, 5) is 39.3. The zero-order valence-electron chi connectivity index (χ0n) is 29.9. The van der Waals surface area contributed by atoms with Gasteiger partial charge in [0.15, 0.2) is 0 Å². The van der Waals surface area contributed by atoms with E-state index < -0.39 is 12.2 Å². The minimum Gasteiger partial charge on any atom is -0.508 e. The van der Waals surface area contributed by atoms with E-state index in [1.165, 1.54) is 11.1 Å². The molecule has 7 unspecified atom stereocenters. The van der Waals surface area contributed by atoms with Crippen LogP contribution < -0.4 is 16.4 Å². The number of amides is 2. The summed E-state index contributed by atoms with van der Waals surface area (Å²) in [5.74, 6) is 1.16. The minimum atomic E-state index is -0.685. The molecule has 9 heteroatoms. The second-order valence-electron chi connectivity index (χ2n) is 15.2. The van der Waals surface area contributed by atoms with Crippen LogP contribution >= 0.6 is 0 Å². The smallest absolute Gasteiger partial charge is 0.508 e. The van der Waals surface area contributed by atoms with Gasteiger partial charge in [-0.3, -0.25) is 9.59 Å². The third-order valence-electron chi connectivity index (χ3n) is 11.9. The Morgan fingerprint density at radius 2 is 1.73 bits per heavy atom. The number of aryl methyl sites for hydroxylation is 1. The van der Waals surface area contributed by atoms with E-state index >= 15 is 0 Å². The van der Waals surface area contributed by atoms with Crippen molar-refractivity contribution < 1.29 is 29.0 Å². The molecule has 0 heterocycles. The topological polar surface area (TPSA) is 140 Å². The highest BCUT2D eigenvalue weighted by Crippen LogP contribution is 2.61. The highest BCUT2D eigenvalue weighted by molar-refractivity contribution is 5.97. The molecule has 0 spiro atoms. The van der Waals surface area contributed by atoms with Crippen molar-refractivity contribution >= 4 is 23.7 Å². The first-order valence-corrected chi connectivity index (χ1v) is 18.7. The quantitative estimate of drug-likeness (QED) is 0.108. The molecule has 9 nitrogen and oxygen atoms in total. The van der Waals surface area contributed by atoms with E-state index in [1.54, 1.807) is 12.1 Å². The van der Waals surface area contributed by atoms with Gasteiger partial charge >= 0.3 is 6.16 Å². The number of aromatic hydroxyl groups is 1. The van der Waals surface area contributed by atoms with Gasteiger partial charge in [0.1, 0.15) is 24.5 Å². The number of hydrogen-bond donors (Lipinski definition) is 4. The molecule has 3 aliphatic carbocycles. The van der Waals surface area contributed by atoms with Crippen LogP contribution in [-0.4, -0.2) is 41.8 Å². The Balaban J connectivity index is 0.982. The lowest BCUT2D eigenvalue weighted by atomic mass is 9.55. The molecule has 3 aromatic carbocycles. The first-order chi connectivity index (χ1) is 24.6. The molecule has 2 saturated carbocycles. The van der Waals surface area contributed by atoms with Crippen LogP contribution in [0.2, 0.25) is 0 Å². The van der Waals surface area contributed by atoms with Crippen molar-refractivity contribution in [3.63, 3.8) is 0 Å². The molecule has 0 radical (unpaired) electrons. The van der Waals surface area contributed by atoms with Crippen LogP contribution in [0.15, 0.2) is 72.8 Å². The fourth-order valence-electron chi connectivity index (χ4n) is 9.06. The standard InChI is InChI=1S/C42H53N3O6/c1-27(24-28-8-4-3-5-9-28)39(47)45-37(10-6-7-23-43)40(48)44-31-14-11-29(12-15-31)26-50-41(49)51-38-20-19-36-35-17-13-30-25-32(46)16-18-33(30)34(35)21-22-42(36,38)2/h3-5,8-9,11-12,14-16,18,25,27,34-38,46H,6-7,10,13,17,19-24,26,43H2,1-2H3,(H,44,48)(H,45,47). The number of nitrogens with one attached hydrogen (secondary N) is 2. The van der Waals surface area contributed by atoms with Gasteiger partial charge in [-0.2, -0.15) is 0 Å². The van der Waals surface area contributed by atoms with Crippen LogP contribution in [0.1, 0.15) is 93.4 Å². The highest BCUT2D eigenvalue weighted by atomic mass is 16.7. The van der Waals surface area contributed by atoms with Crippen molar-refractivity contribution in [3.05, 3.63) is 95.1 Å². The van der Waals surface area contributed by atoms with Gasteiger partial charge in [0.25, 0.3) is 0 Å². The maximum Gasteiger partial charge on any atom is 0.508 e. The molecular weight excluding hydrogens is 642 g/mol. The van der Waals surface area contributed by atoms with E-state index in [1.807, 2.05) is 61.5 Å². The van der Waals surface area contributed by atoms with Gasteiger partial charge in [-0.25, -0.2) is 4.79 Å². The number of carbonyl (C=O) groups is 3. The molecule has 51 heavy (non-hydrogen) atoms. The monoisotopic (exact) mass is 695 g/mol. The lowest BCUT2D eigenvalue weighted by Crippen LogP contribution is -2.46. The summed E-state index contributed by atoms with van der Waals surface area (Å²) >= 11 is 0. The average Bonchev–Trinajstić information content (AvgIpc) is 3.46. The Labute approximate surface area is 301 Å². The van der Waals surface area contributed by atoms with Crippen LogP contribution in [0.3, 0.4) is 0 Å². The number of nitrogens with two attached hydrogens (primary N) is 1. The van der Waals surface area contributed by atoms with Crippen LogP contribution in [0.25, 0.3) is 0 Å². The summed E-state index contributed by atoms with van der Waals surface area (Å²) in [6.07, 6.45) is 7.76. The van der Waals surface area contributed by atoms with E-state index in [0.29, 0.717) is 48.6 Å². The van der Waals surface area contributed by atoms with Crippen molar-refractivity contribution in [1.29, 1.82) is 0 Å². The van der Waals surface area contributed by atoms with Gasteiger partial charge < -0.3 is 30.9 Å². The number of unbranched alkanes of at least 4 members (excludes halogenated alkanes) is 1. The number of benzene rings is 3. The molecule has 3 aromatic rings. The van der Waals surface area contributed by atoms with Crippen molar-refractivity contribution in [2.45, 2.75) is 103 Å². The molecule has 5 N–H and O–H groups in total. The zero-order chi connectivity index (χ0) is 36.0. The molecule has 7 atom stereocenters. The summed E-state index contributed by atoms with van der Waals surface area (Å²) in [6.45, 7) is 4.74. The Morgan fingerprint density at radius 3 is 2.49 bits per heavy atom. The molecule has 2 fully saturated rings. The van der Waals surface area contributed by atoms with E-state index in [9.17, 15) is 19.5 Å². The highest BCUT2D eigenvalue weighted by Gasteiger charge is 2.56. The number of ether oxygens (including phenoxy) is 2. The number of rotatable bonds is 13. The summed E-state index contributed by atoms with van der Waals surface area (Å²) < 4.78 is 11.6. The molecule has 272 valence electrons. The second kappa shape index (κ2) is 16.3. The van der Waals surface area contributed by atoms with E-state index in [2.05, 4.69) is 23.6 Å². The van der Waals surface area contributed by atoms with E-state index in [4.69, 9.17) is 15.2 Å². The number of phenolic OH excluding ortho intramolecular Hbond substituents is 1. The largest absolute Gasteiger partial charge is 0.508 e. The van der Waals surface area contributed by atoms with Crippen LogP contribution in [0, 0.1) is 23.2 Å². The van der Waals surface area contributed by atoms with Crippen molar-refractivity contribution in [2.75, 3.05) is 11.9 Å². The Kier molecular flexibility index (Phi) is 11.7.